The predicted molar refractivity (Wildman–Crippen MR) is 82.0 cm³/mol. The van der Waals surface area contributed by atoms with Gasteiger partial charge in [-0.05, 0) is 37.3 Å². The van der Waals surface area contributed by atoms with Crippen molar-refractivity contribution in [3.05, 3.63) is 64.7 Å². The largest absolute Gasteiger partial charge is 0.321 e. The normalized spacial score (nSPS) is 10.7. The molecule has 1 amide bonds. The molecule has 3 rings (SSSR count). The smallest absolute Gasteiger partial charge is 0.276 e. The molecule has 0 atom stereocenters. The molecule has 0 saturated heterocycles. The van der Waals surface area contributed by atoms with E-state index >= 15 is 0 Å². The molecule has 0 spiro atoms. The van der Waals surface area contributed by atoms with E-state index in [1.54, 1.807) is 0 Å². The minimum absolute atomic E-state index is 0.208. The molecule has 0 saturated carbocycles. The van der Waals surface area contributed by atoms with E-state index in [1.165, 1.54) is 0 Å². The van der Waals surface area contributed by atoms with Crippen LogP contribution in [-0.2, 0) is 0 Å². The number of nitrogens with zero attached hydrogens (tertiary/aromatic N) is 2. The van der Waals surface area contributed by atoms with Gasteiger partial charge in [0.15, 0.2) is 5.69 Å². The van der Waals surface area contributed by atoms with Gasteiger partial charge in [-0.1, -0.05) is 28.1 Å². The first-order chi connectivity index (χ1) is 9.65. The third-order valence-electron chi connectivity index (χ3n) is 3.02. The number of rotatable bonds is 2. The maximum Gasteiger partial charge on any atom is 0.276 e. The number of aromatic nitrogens is 2. The van der Waals surface area contributed by atoms with Crippen molar-refractivity contribution < 1.29 is 4.79 Å². The van der Waals surface area contributed by atoms with Crippen LogP contribution in [0.5, 0.6) is 0 Å². The molecule has 1 aromatic carbocycles. The Morgan fingerprint density at radius 3 is 2.90 bits per heavy atom. The second kappa shape index (κ2) is 5.09. The van der Waals surface area contributed by atoms with Crippen LogP contribution in [0.15, 0.2) is 53.1 Å². The van der Waals surface area contributed by atoms with Crippen LogP contribution in [0.1, 0.15) is 16.3 Å². The molecule has 1 N–H and O–H groups in total. The van der Waals surface area contributed by atoms with Crippen LogP contribution >= 0.6 is 15.9 Å². The van der Waals surface area contributed by atoms with Crippen molar-refractivity contribution in [2.75, 3.05) is 5.32 Å². The summed E-state index contributed by atoms with van der Waals surface area (Å²) in [7, 11) is 0. The molecule has 0 unspecified atom stereocenters. The molecule has 3 aromatic rings. The van der Waals surface area contributed by atoms with Crippen molar-refractivity contribution in [1.29, 1.82) is 0 Å². The summed E-state index contributed by atoms with van der Waals surface area (Å²) in [6.07, 6.45) is 1.90. The van der Waals surface area contributed by atoms with Crippen LogP contribution in [0, 0.1) is 6.92 Å². The van der Waals surface area contributed by atoms with Crippen LogP contribution < -0.4 is 5.32 Å². The number of fused-ring (bicyclic) bond motifs is 1. The Bertz CT molecular complexity index is 795. The zero-order valence-corrected chi connectivity index (χ0v) is 12.4. The summed E-state index contributed by atoms with van der Waals surface area (Å²) < 4.78 is 2.82. The zero-order valence-electron chi connectivity index (χ0n) is 10.8. The average molecular weight is 330 g/mol. The van der Waals surface area contributed by atoms with Gasteiger partial charge in [-0.2, -0.15) is 0 Å². The predicted octanol–water partition coefficient (Wildman–Crippen LogP) is 3.66. The second-order valence-electron chi connectivity index (χ2n) is 4.43. The third-order valence-corrected chi connectivity index (χ3v) is 3.52. The van der Waals surface area contributed by atoms with Gasteiger partial charge in [0.25, 0.3) is 5.91 Å². The molecule has 0 radical (unpaired) electrons. The van der Waals surface area contributed by atoms with Gasteiger partial charge in [0.2, 0.25) is 0 Å². The van der Waals surface area contributed by atoms with Crippen molar-refractivity contribution in [3.63, 3.8) is 0 Å². The van der Waals surface area contributed by atoms with Crippen molar-refractivity contribution in [2.24, 2.45) is 0 Å². The van der Waals surface area contributed by atoms with E-state index in [1.807, 2.05) is 60.0 Å². The highest BCUT2D eigenvalue weighted by Crippen LogP contribution is 2.18. The fraction of sp³-hybridized carbons (Fsp3) is 0.0667. The molecule has 20 heavy (non-hydrogen) atoms. The first-order valence-corrected chi connectivity index (χ1v) is 6.95. The SMILES string of the molecule is Cc1nc(C(=O)Nc2cccc(Br)c2)c2ccccn12. The lowest BCUT2D eigenvalue weighted by molar-refractivity contribution is 0.102. The van der Waals surface area contributed by atoms with Crippen LogP contribution in [0.2, 0.25) is 0 Å². The molecule has 0 aliphatic rings. The zero-order chi connectivity index (χ0) is 14.1. The van der Waals surface area contributed by atoms with Crippen molar-refractivity contribution in [1.82, 2.24) is 9.38 Å². The monoisotopic (exact) mass is 329 g/mol. The minimum atomic E-state index is -0.208. The van der Waals surface area contributed by atoms with Crippen molar-refractivity contribution in [3.8, 4) is 0 Å². The molecule has 5 heteroatoms. The summed E-state index contributed by atoms with van der Waals surface area (Å²) in [5.41, 5.74) is 1.97. The average Bonchev–Trinajstić information content (AvgIpc) is 2.77. The molecule has 100 valence electrons. The van der Waals surface area contributed by atoms with Crippen molar-refractivity contribution >= 4 is 33.0 Å². The van der Waals surface area contributed by atoms with Gasteiger partial charge in [-0.3, -0.25) is 4.79 Å². The van der Waals surface area contributed by atoms with E-state index in [4.69, 9.17) is 0 Å². The molecule has 0 bridgehead atoms. The summed E-state index contributed by atoms with van der Waals surface area (Å²) in [6.45, 7) is 1.88. The number of halogens is 1. The Hall–Kier alpha value is -2.14. The number of imidazole rings is 1. The maximum atomic E-state index is 12.4. The number of carbonyl (C=O) groups is 1. The number of nitrogens with one attached hydrogen (secondary N) is 1. The van der Waals surface area contributed by atoms with Crippen molar-refractivity contribution in [2.45, 2.75) is 6.92 Å². The van der Waals surface area contributed by atoms with Crippen LogP contribution in [-0.4, -0.2) is 15.3 Å². The number of anilines is 1. The van der Waals surface area contributed by atoms with Crippen LogP contribution in [0.4, 0.5) is 5.69 Å². The number of amides is 1. The third kappa shape index (κ3) is 2.32. The Morgan fingerprint density at radius 1 is 1.25 bits per heavy atom. The maximum absolute atomic E-state index is 12.4. The molecule has 4 nitrogen and oxygen atoms in total. The van der Waals surface area contributed by atoms with Gasteiger partial charge in [0.05, 0.1) is 5.52 Å². The summed E-state index contributed by atoms with van der Waals surface area (Å²) in [5, 5.41) is 2.86. The summed E-state index contributed by atoms with van der Waals surface area (Å²) in [6, 6.07) is 13.2. The highest BCUT2D eigenvalue weighted by molar-refractivity contribution is 9.10. The molecule has 2 aromatic heterocycles. The van der Waals surface area contributed by atoms with E-state index < -0.39 is 0 Å². The fourth-order valence-corrected chi connectivity index (χ4v) is 2.51. The highest BCUT2D eigenvalue weighted by atomic mass is 79.9. The number of hydrogen-bond acceptors (Lipinski definition) is 2. The molecule has 2 heterocycles. The summed E-state index contributed by atoms with van der Waals surface area (Å²) >= 11 is 3.38. The van der Waals surface area contributed by atoms with Gasteiger partial charge in [0, 0.05) is 16.4 Å². The van der Waals surface area contributed by atoms with Gasteiger partial charge in [0.1, 0.15) is 5.82 Å². The molecule has 0 aliphatic carbocycles. The summed E-state index contributed by atoms with van der Waals surface area (Å²) in [4.78, 5) is 16.7. The number of pyridine rings is 1. The van der Waals surface area contributed by atoms with Crippen LogP contribution in [0.25, 0.3) is 5.52 Å². The van der Waals surface area contributed by atoms with E-state index in [0.29, 0.717) is 5.69 Å². The Balaban J connectivity index is 1.97. The van der Waals surface area contributed by atoms with E-state index in [2.05, 4.69) is 26.2 Å². The Kier molecular flexibility index (Phi) is 3.28. The number of hydrogen-bond donors (Lipinski definition) is 1. The van der Waals surface area contributed by atoms with Gasteiger partial charge in [-0.15, -0.1) is 0 Å². The van der Waals surface area contributed by atoms with Gasteiger partial charge in [-0.25, -0.2) is 4.98 Å². The minimum Gasteiger partial charge on any atom is -0.321 e. The number of aryl methyl sites for hydroxylation is 1. The quantitative estimate of drug-likeness (QED) is 0.779. The molecular formula is C15H12BrN3O. The lowest BCUT2D eigenvalue weighted by Crippen LogP contribution is -2.12. The van der Waals surface area contributed by atoms with Crippen LogP contribution in [0.3, 0.4) is 0 Å². The molecular weight excluding hydrogens is 318 g/mol. The van der Waals surface area contributed by atoms with E-state index in [-0.39, 0.29) is 5.91 Å². The standard InChI is InChI=1S/C15H12BrN3O/c1-10-17-14(13-7-2-3-8-19(10)13)15(20)18-12-6-4-5-11(16)9-12/h2-9H,1H3,(H,18,20). The first-order valence-electron chi connectivity index (χ1n) is 6.16. The summed E-state index contributed by atoms with van der Waals surface area (Å²) in [5.74, 6) is 0.583. The highest BCUT2D eigenvalue weighted by Gasteiger charge is 2.15. The first kappa shape index (κ1) is 12.9. The van der Waals surface area contributed by atoms with E-state index in [9.17, 15) is 4.79 Å². The molecule has 0 fully saturated rings. The molecule has 0 aliphatic heterocycles. The number of benzene rings is 1. The topological polar surface area (TPSA) is 46.4 Å². The fourth-order valence-electron chi connectivity index (χ4n) is 2.11. The number of carbonyl (C=O) groups excluding carboxylic acids is 1. The lowest BCUT2D eigenvalue weighted by atomic mass is 10.3. The van der Waals surface area contributed by atoms with E-state index in [0.717, 1.165) is 21.5 Å². The van der Waals surface area contributed by atoms with Gasteiger partial charge < -0.3 is 9.72 Å². The lowest BCUT2D eigenvalue weighted by Gasteiger charge is -2.04. The van der Waals surface area contributed by atoms with Gasteiger partial charge >= 0.3 is 0 Å². The Labute approximate surface area is 124 Å². The second-order valence-corrected chi connectivity index (χ2v) is 5.34. The Morgan fingerprint density at radius 2 is 2.10 bits per heavy atom.